The highest BCUT2D eigenvalue weighted by molar-refractivity contribution is 7.71. The van der Waals surface area contributed by atoms with Gasteiger partial charge in [0.2, 0.25) is 5.95 Å². The molecule has 0 radical (unpaired) electrons. The lowest BCUT2D eigenvalue weighted by atomic mass is 9.89. The van der Waals surface area contributed by atoms with E-state index in [0.29, 0.717) is 45.0 Å². The fourth-order valence-electron chi connectivity index (χ4n) is 4.85. The Morgan fingerprint density at radius 1 is 1.05 bits per heavy atom. The Morgan fingerprint density at radius 3 is 2.55 bits per heavy atom. The van der Waals surface area contributed by atoms with E-state index in [-0.39, 0.29) is 11.8 Å². The summed E-state index contributed by atoms with van der Waals surface area (Å²) in [5.41, 5.74) is 3.91. The summed E-state index contributed by atoms with van der Waals surface area (Å²) < 4.78 is 28.1. The zero-order valence-electron chi connectivity index (χ0n) is 21.8. The van der Waals surface area contributed by atoms with Crippen LogP contribution in [0.25, 0.3) is 17.1 Å². The molecule has 0 amide bonds. The fourth-order valence-corrected chi connectivity index (χ4v) is 6.24. The standard InChI is InChI=1S/C28H31FN7OP/c1-5-18-17-32-28(34-24-16-20(6-7-21(24)29)19-10-14-36(2)15-11-19)35-27(18)33-23-9-8-22-25(31-13-12-30-22)26(23)38(3,4)37/h5-9,12-13,16-17,19H,1,10-11,14-15H2,2-4H3,(H2,32,33,34,35). The van der Waals surface area contributed by atoms with E-state index in [4.69, 9.17) is 0 Å². The molecule has 0 spiro atoms. The average Bonchev–Trinajstić information content (AvgIpc) is 2.90. The first-order valence-corrected chi connectivity index (χ1v) is 15.1. The number of fused-ring (bicyclic) bond motifs is 1. The van der Waals surface area contributed by atoms with Gasteiger partial charge in [0, 0.05) is 24.2 Å². The van der Waals surface area contributed by atoms with Crippen LogP contribution in [0.5, 0.6) is 0 Å². The van der Waals surface area contributed by atoms with Crippen LogP contribution in [-0.4, -0.2) is 58.3 Å². The maximum absolute atomic E-state index is 14.8. The van der Waals surface area contributed by atoms with Gasteiger partial charge in [-0.3, -0.25) is 9.97 Å². The summed E-state index contributed by atoms with van der Waals surface area (Å²) in [5.74, 6) is 0.695. The van der Waals surface area contributed by atoms with Crippen molar-refractivity contribution in [3.8, 4) is 0 Å². The molecule has 1 aliphatic heterocycles. The maximum Gasteiger partial charge on any atom is 0.229 e. The van der Waals surface area contributed by atoms with E-state index in [0.717, 1.165) is 31.5 Å². The molecule has 4 aromatic rings. The summed E-state index contributed by atoms with van der Waals surface area (Å²) in [6, 6.07) is 8.85. The molecule has 38 heavy (non-hydrogen) atoms. The summed E-state index contributed by atoms with van der Waals surface area (Å²) >= 11 is 0. The Kier molecular flexibility index (Phi) is 7.23. The molecule has 0 bridgehead atoms. The van der Waals surface area contributed by atoms with E-state index in [1.807, 2.05) is 24.3 Å². The zero-order valence-corrected chi connectivity index (χ0v) is 22.7. The predicted octanol–water partition coefficient (Wildman–Crippen LogP) is 5.75. The van der Waals surface area contributed by atoms with Crippen molar-refractivity contribution in [2.24, 2.45) is 0 Å². The highest BCUT2D eigenvalue weighted by Crippen LogP contribution is 2.41. The molecule has 1 fully saturated rings. The van der Waals surface area contributed by atoms with Gasteiger partial charge in [0.15, 0.2) is 0 Å². The molecule has 1 saturated heterocycles. The lowest BCUT2D eigenvalue weighted by Crippen LogP contribution is -2.29. The second kappa shape index (κ2) is 10.6. The molecule has 0 atom stereocenters. The van der Waals surface area contributed by atoms with Crippen LogP contribution in [0.15, 0.2) is 55.5 Å². The van der Waals surface area contributed by atoms with Gasteiger partial charge >= 0.3 is 0 Å². The number of rotatable bonds is 7. The Balaban J connectivity index is 1.48. The van der Waals surface area contributed by atoms with Gasteiger partial charge in [-0.1, -0.05) is 18.7 Å². The third-order valence-corrected chi connectivity index (χ3v) is 8.40. The van der Waals surface area contributed by atoms with Crippen molar-refractivity contribution in [1.82, 2.24) is 24.8 Å². The molecule has 5 rings (SSSR count). The number of anilines is 4. The van der Waals surface area contributed by atoms with Gasteiger partial charge in [0.05, 0.1) is 22.2 Å². The van der Waals surface area contributed by atoms with Crippen LogP contribution >= 0.6 is 7.14 Å². The van der Waals surface area contributed by atoms with E-state index in [1.165, 1.54) is 6.07 Å². The number of benzene rings is 2. The minimum atomic E-state index is -2.76. The molecule has 0 aliphatic carbocycles. The first-order chi connectivity index (χ1) is 18.2. The van der Waals surface area contributed by atoms with Crippen molar-refractivity contribution in [1.29, 1.82) is 0 Å². The fraction of sp³-hybridized carbons (Fsp3) is 0.286. The summed E-state index contributed by atoms with van der Waals surface area (Å²) in [6.45, 7) is 9.31. The SMILES string of the molecule is C=Cc1cnc(Nc2cc(C3CCN(C)CC3)ccc2F)nc1Nc1ccc2nccnc2c1P(C)(C)=O. The summed E-state index contributed by atoms with van der Waals surface area (Å²) in [4.78, 5) is 20.1. The summed E-state index contributed by atoms with van der Waals surface area (Å²) in [5, 5.41) is 6.94. The molecule has 0 unspecified atom stereocenters. The van der Waals surface area contributed by atoms with Crippen molar-refractivity contribution in [2.45, 2.75) is 18.8 Å². The van der Waals surface area contributed by atoms with Gasteiger partial charge in [0.25, 0.3) is 0 Å². The molecule has 2 aromatic carbocycles. The minimum Gasteiger partial charge on any atom is -0.339 e. The number of nitrogens with one attached hydrogen (secondary N) is 2. The van der Waals surface area contributed by atoms with Crippen LogP contribution < -0.4 is 15.9 Å². The number of hydrogen-bond donors (Lipinski definition) is 2. The van der Waals surface area contributed by atoms with Gasteiger partial charge in [-0.15, -0.1) is 0 Å². The highest BCUT2D eigenvalue weighted by atomic mass is 31.2. The number of nitrogens with zero attached hydrogens (tertiary/aromatic N) is 5. The van der Waals surface area contributed by atoms with Gasteiger partial charge in [-0.25, -0.2) is 9.37 Å². The Hall–Kier alpha value is -3.68. The summed E-state index contributed by atoms with van der Waals surface area (Å²) in [6.07, 6.45) is 8.51. The van der Waals surface area contributed by atoms with Gasteiger partial charge in [-0.05, 0) is 82.1 Å². The molecule has 8 nitrogen and oxygen atoms in total. The van der Waals surface area contributed by atoms with E-state index in [1.54, 1.807) is 38.0 Å². The first kappa shape index (κ1) is 25.9. The monoisotopic (exact) mass is 531 g/mol. The Bertz CT molecular complexity index is 1550. The molecule has 2 N–H and O–H groups in total. The van der Waals surface area contributed by atoms with Gasteiger partial charge in [0.1, 0.15) is 24.3 Å². The number of piperidine rings is 1. The molecule has 10 heteroatoms. The van der Waals surface area contributed by atoms with Crippen molar-refractivity contribution in [3.63, 3.8) is 0 Å². The Labute approximate surface area is 221 Å². The smallest absolute Gasteiger partial charge is 0.229 e. The lowest BCUT2D eigenvalue weighted by molar-refractivity contribution is 0.255. The third-order valence-electron chi connectivity index (χ3n) is 6.87. The Morgan fingerprint density at radius 2 is 1.82 bits per heavy atom. The van der Waals surface area contributed by atoms with Crippen LogP contribution in [0.4, 0.5) is 27.5 Å². The number of aromatic nitrogens is 4. The average molecular weight is 532 g/mol. The molecular formula is C28H31FN7OP. The van der Waals surface area contributed by atoms with Crippen molar-refractivity contribution in [3.05, 3.63) is 72.4 Å². The quantitative estimate of drug-likeness (QED) is 0.291. The second-order valence-electron chi connectivity index (χ2n) is 10.0. The van der Waals surface area contributed by atoms with Crippen LogP contribution in [0, 0.1) is 5.82 Å². The largest absolute Gasteiger partial charge is 0.339 e. The van der Waals surface area contributed by atoms with E-state index in [2.05, 4.69) is 49.1 Å². The van der Waals surface area contributed by atoms with E-state index >= 15 is 0 Å². The number of halogens is 1. The first-order valence-electron chi connectivity index (χ1n) is 12.5. The molecule has 1 aliphatic rings. The summed E-state index contributed by atoms with van der Waals surface area (Å²) in [7, 11) is -0.638. The van der Waals surface area contributed by atoms with Gasteiger partial charge < -0.3 is 20.1 Å². The van der Waals surface area contributed by atoms with Crippen LogP contribution in [0.2, 0.25) is 0 Å². The predicted molar refractivity (Wildman–Crippen MR) is 153 cm³/mol. The molecule has 3 heterocycles. The van der Waals surface area contributed by atoms with Crippen LogP contribution in [0.3, 0.4) is 0 Å². The van der Waals surface area contributed by atoms with Gasteiger partial charge in [-0.2, -0.15) is 4.98 Å². The zero-order chi connectivity index (χ0) is 26.9. The molecule has 196 valence electrons. The number of likely N-dealkylation sites (tertiary alicyclic amines) is 1. The van der Waals surface area contributed by atoms with Crippen LogP contribution in [0.1, 0.15) is 29.9 Å². The third kappa shape index (κ3) is 5.44. The molecule has 2 aromatic heterocycles. The lowest BCUT2D eigenvalue weighted by Gasteiger charge is -2.29. The topological polar surface area (TPSA) is 95.9 Å². The molecule has 0 saturated carbocycles. The maximum atomic E-state index is 14.8. The van der Waals surface area contributed by atoms with E-state index < -0.39 is 7.14 Å². The number of hydrogen-bond acceptors (Lipinski definition) is 8. The van der Waals surface area contributed by atoms with Crippen molar-refractivity contribution < 1.29 is 8.96 Å². The van der Waals surface area contributed by atoms with Crippen molar-refractivity contribution >= 4 is 52.7 Å². The normalized spacial score (nSPS) is 14.9. The second-order valence-corrected chi connectivity index (χ2v) is 13.2. The molecular weight excluding hydrogens is 500 g/mol. The van der Waals surface area contributed by atoms with Crippen molar-refractivity contribution in [2.75, 3.05) is 44.1 Å². The highest BCUT2D eigenvalue weighted by Gasteiger charge is 2.23. The van der Waals surface area contributed by atoms with Crippen LogP contribution in [-0.2, 0) is 4.57 Å². The van der Waals surface area contributed by atoms with E-state index in [9.17, 15) is 8.96 Å². The minimum absolute atomic E-state index is 0.232.